The predicted molar refractivity (Wildman–Crippen MR) is 79.8 cm³/mol. The highest BCUT2D eigenvalue weighted by Gasteiger charge is 2.18. The van der Waals surface area contributed by atoms with Gasteiger partial charge >= 0.3 is 0 Å². The molecule has 1 N–H and O–H groups in total. The fourth-order valence-corrected chi connectivity index (χ4v) is 2.50. The van der Waals surface area contributed by atoms with E-state index in [0.717, 1.165) is 28.0 Å². The Bertz CT molecular complexity index is 610. The van der Waals surface area contributed by atoms with Crippen LogP contribution < -0.4 is 10.1 Å². The lowest BCUT2D eigenvalue weighted by Gasteiger charge is -2.22. The van der Waals surface area contributed by atoms with E-state index in [-0.39, 0.29) is 11.9 Å². The molecule has 0 spiro atoms. The molecule has 1 unspecified atom stereocenters. The van der Waals surface area contributed by atoms with E-state index in [9.17, 15) is 4.39 Å². The van der Waals surface area contributed by atoms with Crippen LogP contribution >= 0.6 is 0 Å². The number of halogens is 1. The fraction of sp³-hybridized carbons (Fsp3) is 0.294. The zero-order valence-electron chi connectivity index (χ0n) is 12.3. The maximum absolute atomic E-state index is 13.3. The quantitative estimate of drug-likeness (QED) is 0.915. The Morgan fingerprint density at radius 1 is 1.05 bits per heavy atom. The number of hydrogen-bond donors (Lipinski definition) is 1. The number of aryl methyl sites for hydroxylation is 2. The molecular formula is C17H20FNO. The summed E-state index contributed by atoms with van der Waals surface area (Å²) in [6, 6.07) is 11.0. The van der Waals surface area contributed by atoms with Crippen molar-refractivity contribution in [1.29, 1.82) is 0 Å². The topological polar surface area (TPSA) is 21.3 Å². The fourth-order valence-electron chi connectivity index (χ4n) is 2.50. The molecule has 0 amide bonds. The molecule has 106 valence electrons. The Morgan fingerprint density at radius 2 is 1.75 bits per heavy atom. The average molecular weight is 273 g/mol. The molecule has 2 nitrogen and oxygen atoms in total. The van der Waals surface area contributed by atoms with Gasteiger partial charge in [-0.05, 0) is 55.8 Å². The van der Waals surface area contributed by atoms with Gasteiger partial charge in [0.05, 0.1) is 13.2 Å². The zero-order chi connectivity index (χ0) is 14.7. The summed E-state index contributed by atoms with van der Waals surface area (Å²) in [4.78, 5) is 0. The van der Waals surface area contributed by atoms with Crippen LogP contribution in [0.3, 0.4) is 0 Å². The lowest BCUT2D eigenvalue weighted by molar-refractivity contribution is 0.405. The summed E-state index contributed by atoms with van der Waals surface area (Å²) < 4.78 is 18.8. The molecule has 2 aromatic carbocycles. The van der Waals surface area contributed by atoms with Gasteiger partial charge < -0.3 is 10.1 Å². The van der Waals surface area contributed by atoms with E-state index >= 15 is 0 Å². The monoisotopic (exact) mass is 273 g/mol. The van der Waals surface area contributed by atoms with Crippen LogP contribution in [0, 0.1) is 19.7 Å². The van der Waals surface area contributed by atoms with Gasteiger partial charge in [0.2, 0.25) is 0 Å². The van der Waals surface area contributed by atoms with Crippen LogP contribution in [-0.4, -0.2) is 14.2 Å². The summed E-state index contributed by atoms with van der Waals surface area (Å²) in [5.74, 6) is 0.630. The summed E-state index contributed by atoms with van der Waals surface area (Å²) in [7, 11) is 3.56. The van der Waals surface area contributed by atoms with Gasteiger partial charge in [-0.1, -0.05) is 18.2 Å². The third-order valence-electron chi connectivity index (χ3n) is 3.53. The van der Waals surface area contributed by atoms with E-state index in [4.69, 9.17) is 4.74 Å². The van der Waals surface area contributed by atoms with Gasteiger partial charge in [0.25, 0.3) is 0 Å². The number of benzene rings is 2. The molecule has 0 heterocycles. The second-order valence-electron chi connectivity index (χ2n) is 4.97. The first kappa shape index (κ1) is 14.5. The van der Waals surface area contributed by atoms with Crippen LogP contribution in [0.4, 0.5) is 4.39 Å². The molecule has 0 bridgehead atoms. The van der Waals surface area contributed by atoms with Crippen molar-refractivity contribution >= 4 is 0 Å². The van der Waals surface area contributed by atoms with Crippen LogP contribution in [0.2, 0.25) is 0 Å². The predicted octanol–water partition coefficient (Wildman–Crippen LogP) is 3.76. The minimum atomic E-state index is -0.211. The van der Waals surface area contributed by atoms with E-state index in [1.165, 1.54) is 6.07 Å². The average Bonchev–Trinajstić information content (AvgIpc) is 2.43. The van der Waals surface area contributed by atoms with Crippen LogP contribution in [0.1, 0.15) is 28.3 Å². The summed E-state index contributed by atoms with van der Waals surface area (Å²) in [6.07, 6.45) is 0. The van der Waals surface area contributed by atoms with E-state index in [1.54, 1.807) is 13.2 Å². The Hall–Kier alpha value is -1.87. The molecule has 2 rings (SSSR count). The minimum absolute atomic E-state index is 0.0221. The Kier molecular flexibility index (Phi) is 4.40. The summed E-state index contributed by atoms with van der Waals surface area (Å²) in [5.41, 5.74) is 4.18. The van der Waals surface area contributed by atoms with Crippen molar-refractivity contribution in [2.75, 3.05) is 14.2 Å². The second-order valence-corrected chi connectivity index (χ2v) is 4.97. The van der Waals surface area contributed by atoms with E-state index < -0.39 is 0 Å². The Morgan fingerprint density at radius 3 is 2.35 bits per heavy atom. The Balaban J connectivity index is 2.52. The third-order valence-corrected chi connectivity index (χ3v) is 3.53. The van der Waals surface area contributed by atoms with Crippen LogP contribution in [0.5, 0.6) is 5.75 Å². The van der Waals surface area contributed by atoms with Crippen molar-refractivity contribution in [1.82, 2.24) is 5.32 Å². The number of nitrogens with one attached hydrogen (secondary N) is 1. The van der Waals surface area contributed by atoms with Crippen molar-refractivity contribution in [2.45, 2.75) is 19.9 Å². The summed E-state index contributed by atoms with van der Waals surface area (Å²) in [6.45, 7) is 3.95. The van der Waals surface area contributed by atoms with Gasteiger partial charge in [0.1, 0.15) is 11.6 Å². The standard InChI is InChI=1S/C17H20FNO/c1-11-5-7-15(16(9-11)20-4)17(19-3)14-8-6-13(18)10-12(14)2/h5-10,17,19H,1-4H3. The molecular weight excluding hydrogens is 253 g/mol. The van der Waals surface area contributed by atoms with Crippen LogP contribution in [0.15, 0.2) is 36.4 Å². The molecule has 0 saturated heterocycles. The lowest BCUT2D eigenvalue weighted by atomic mass is 9.93. The highest BCUT2D eigenvalue weighted by atomic mass is 19.1. The van der Waals surface area contributed by atoms with Gasteiger partial charge in [0.15, 0.2) is 0 Å². The number of ether oxygens (including phenoxy) is 1. The molecule has 0 fully saturated rings. The van der Waals surface area contributed by atoms with Crippen molar-refractivity contribution in [3.8, 4) is 5.75 Å². The zero-order valence-corrected chi connectivity index (χ0v) is 12.3. The molecule has 0 saturated carbocycles. The maximum Gasteiger partial charge on any atom is 0.124 e. The summed E-state index contributed by atoms with van der Waals surface area (Å²) in [5, 5.41) is 3.29. The molecule has 0 aliphatic carbocycles. The molecule has 1 atom stereocenters. The van der Waals surface area contributed by atoms with E-state index in [0.29, 0.717) is 0 Å². The molecule has 0 aromatic heterocycles. The molecule has 3 heteroatoms. The molecule has 0 aliphatic heterocycles. The van der Waals surface area contributed by atoms with Gasteiger partial charge in [-0.3, -0.25) is 0 Å². The summed E-state index contributed by atoms with van der Waals surface area (Å²) >= 11 is 0. The van der Waals surface area contributed by atoms with E-state index in [1.807, 2.05) is 33.0 Å². The normalized spacial score (nSPS) is 12.2. The molecule has 0 radical (unpaired) electrons. The first-order valence-corrected chi connectivity index (χ1v) is 6.64. The van der Waals surface area contributed by atoms with Crippen molar-refractivity contribution in [2.24, 2.45) is 0 Å². The van der Waals surface area contributed by atoms with Gasteiger partial charge in [-0.15, -0.1) is 0 Å². The highest BCUT2D eigenvalue weighted by Crippen LogP contribution is 2.32. The third kappa shape index (κ3) is 2.83. The Labute approximate surface area is 119 Å². The maximum atomic E-state index is 13.3. The van der Waals surface area contributed by atoms with Crippen molar-refractivity contribution in [3.05, 3.63) is 64.5 Å². The first-order valence-electron chi connectivity index (χ1n) is 6.64. The number of rotatable bonds is 4. The number of hydrogen-bond acceptors (Lipinski definition) is 2. The first-order chi connectivity index (χ1) is 9.56. The van der Waals surface area contributed by atoms with Crippen molar-refractivity contribution < 1.29 is 9.13 Å². The van der Waals surface area contributed by atoms with E-state index in [2.05, 4.69) is 17.4 Å². The molecule has 2 aromatic rings. The SMILES string of the molecule is CNC(c1ccc(F)cc1C)c1ccc(C)cc1OC. The van der Waals surface area contributed by atoms with Crippen LogP contribution in [-0.2, 0) is 0 Å². The van der Waals surface area contributed by atoms with Gasteiger partial charge in [0, 0.05) is 5.56 Å². The highest BCUT2D eigenvalue weighted by molar-refractivity contribution is 5.45. The largest absolute Gasteiger partial charge is 0.496 e. The van der Waals surface area contributed by atoms with Gasteiger partial charge in [-0.25, -0.2) is 4.39 Å². The van der Waals surface area contributed by atoms with Gasteiger partial charge in [-0.2, -0.15) is 0 Å². The lowest BCUT2D eigenvalue weighted by Crippen LogP contribution is -2.19. The minimum Gasteiger partial charge on any atom is -0.496 e. The smallest absolute Gasteiger partial charge is 0.124 e. The van der Waals surface area contributed by atoms with Crippen LogP contribution in [0.25, 0.3) is 0 Å². The molecule has 0 aliphatic rings. The number of methoxy groups -OCH3 is 1. The second kappa shape index (κ2) is 6.06. The van der Waals surface area contributed by atoms with Crippen molar-refractivity contribution in [3.63, 3.8) is 0 Å². The molecule has 20 heavy (non-hydrogen) atoms.